The van der Waals surface area contributed by atoms with Crippen LogP contribution in [0.5, 0.6) is 0 Å². The van der Waals surface area contributed by atoms with Crippen LogP contribution in [0.15, 0.2) is 65.7 Å². The lowest BCUT2D eigenvalue weighted by Crippen LogP contribution is -2.32. The molecule has 2 rings (SSSR count). The maximum atomic E-state index is 12.6. The van der Waals surface area contributed by atoms with E-state index in [-0.39, 0.29) is 12.8 Å². The second-order valence-electron chi connectivity index (χ2n) is 7.19. The molecule has 0 fully saturated rings. The summed E-state index contributed by atoms with van der Waals surface area (Å²) in [6.45, 7) is 5.33. The Morgan fingerprint density at radius 1 is 0.963 bits per heavy atom. The van der Waals surface area contributed by atoms with E-state index in [0.717, 1.165) is 11.1 Å². The Kier molecular flexibility index (Phi) is 6.88. The number of hydrogen-bond donors (Lipinski definition) is 1. The van der Waals surface area contributed by atoms with Gasteiger partial charge in [0.05, 0.1) is 5.71 Å². The fourth-order valence-electron chi connectivity index (χ4n) is 2.53. The molecule has 0 heterocycles. The summed E-state index contributed by atoms with van der Waals surface area (Å²) in [4.78, 5) is 28.3. The molecule has 27 heavy (non-hydrogen) atoms. The molecule has 2 aromatic carbocycles. The van der Waals surface area contributed by atoms with Crippen molar-refractivity contribution in [2.75, 3.05) is 0 Å². The Balaban J connectivity index is 2.46. The Bertz CT molecular complexity index is 751. The molecule has 0 aliphatic carbocycles. The van der Waals surface area contributed by atoms with Crippen LogP contribution in [-0.4, -0.2) is 34.4 Å². The average molecular weight is 367 g/mol. The first-order chi connectivity index (χ1) is 12.8. The van der Waals surface area contributed by atoms with Gasteiger partial charge in [-0.1, -0.05) is 60.7 Å². The highest BCUT2D eigenvalue weighted by molar-refractivity contribution is 6.13. The topological polar surface area (TPSA) is 76.0 Å². The molecule has 5 nitrogen and oxygen atoms in total. The number of aliphatic imine (C=N–C) groups is 1. The van der Waals surface area contributed by atoms with Gasteiger partial charge >= 0.3 is 11.9 Å². The first kappa shape index (κ1) is 20.4. The van der Waals surface area contributed by atoms with Crippen LogP contribution in [0.1, 0.15) is 44.7 Å². The molecule has 1 unspecified atom stereocenters. The van der Waals surface area contributed by atoms with E-state index >= 15 is 0 Å². The normalized spacial score (nSPS) is 12.1. The Morgan fingerprint density at radius 2 is 1.44 bits per heavy atom. The molecule has 0 radical (unpaired) electrons. The van der Waals surface area contributed by atoms with Crippen LogP contribution in [0.4, 0.5) is 0 Å². The predicted octanol–water partition coefficient (Wildman–Crippen LogP) is 4.10. The van der Waals surface area contributed by atoms with E-state index in [0.29, 0.717) is 5.71 Å². The van der Waals surface area contributed by atoms with Gasteiger partial charge in [-0.2, -0.15) is 0 Å². The molecular weight excluding hydrogens is 342 g/mol. The molecule has 0 aromatic heterocycles. The standard InChI is InChI=1S/C22H25NO4/c1-22(2,3)27-21(26)18(14-15-19(24)25)23-20(16-10-6-4-7-11-16)17-12-8-5-9-13-17/h4-13,18H,14-15H2,1-3H3,(H,24,25). The third-order valence-corrected chi connectivity index (χ3v) is 3.69. The lowest BCUT2D eigenvalue weighted by molar-refractivity contribution is -0.156. The van der Waals surface area contributed by atoms with Crippen molar-refractivity contribution in [1.82, 2.24) is 0 Å². The minimum Gasteiger partial charge on any atom is -0.481 e. The van der Waals surface area contributed by atoms with Gasteiger partial charge in [0.15, 0.2) is 0 Å². The van der Waals surface area contributed by atoms with Gasteiger partial charge in [-0.3, -0.25) is 9.79 Å². The van der Waals surface area contributed by atoms with Crippen LogP contribution < -0.4 is 0 Å². The van der Waals surface area contributed by atoms with Gasteiger partial charge in [0.2, 0.25) is 0 Å². The highest BCUT2D eigenvalue weighted by Gasteiger charge is 2.26. The second kappa shape index (κ2) is 9.12. The summed E-state index contributed by atoms with van der Waals surface area (Å²) < 4.78 is 5.47. The van der Waals surface area contributed by atoms with E-state index in [1.807, 2.05) is 60.7 Å². The van der Waals surface area contributed by atoms with Crippen LogP contribution in [0.25, 0.3) is 0 Å². The highest BCUT2D eigenvalue weighted by atomic mass is 16.6. The molecule has 0 bridgehead atoms. The third kappa shape index (κ3) is 6.70. The molecule has 0 aliphatic rings. The summed E-state index contributed by atoms with van der Waals surface area (Å²) in [6, 6.07) is 18.1. The number of rotatable bonds is 7. The largest absolute Gasteiger partial charge is 0.481 e. The lowest BCUT2D eigenvalue weighted by atomic mass is 10.0. The van der Waals surface area contributed by atoms with Crippen LogP contribution in [0.2, 0.25) is 0 Å². The number of carbonyl (C=O) groups is 2. The third-order valence-electron chi connectivity index (χ3n) is 3.69. The van der Waals surface area contributed by atoms with Crippen molar-refractivity contribution in [2.45, 2.75) is 45.3 Å². The predicted molar refractivity (Wildman–Crippen MR) is 105 cm³/mol. The van der Waals surface area contributed by atoms with Crippen LogP contribution in [0, 0.1) is 0 Å². The first-order valence-electron chi connectivity index (χ1n) is 8.89. The maximum Gasteiger partial charge on any atom is 0.331 e. The molecule has 2 aromatic rings. The Labute approximate surface area is 159 Å². The van der Waals surface area contributed by atoms with Gasteiger partial charge in [0, 0.05) is 17.5 Å². The molecule has 0 aliphatic heterocycles. The van der Waals surface area contributed by atoms with Gasteiger partial charge in [0.25, 0.3) is 0 Å². The van der Waals surface area contributed by atoms with Crippen molar-refractivity contribution in [3.05, 3.63) is 71.8 Å². The Hall–Kier alpha value is -2.95. The van der Waals surface area contributed by atoms with Crippen LogP contribution in [-0.2, 0) is 14.3 Å². The number of ether oxygens (including phenoxy) is 1. The fourth-order valence-corrected chi connectivity index (χ4v) is 2.53. The first-order valence-corrected chi connectivity index (χ1v) is 8.89. The number of esters is 1. The van der Waals surface area contributed by atoms with Crippen molar-refractivity contribution >= 4 is 17.7 Å². The van der Waals surface area contributed by atoms with E-state index in [9.17, 15) is 9.59 Å². The zero-order valence-electron chi connectivity index (χ0n) is 15.9. The molecule has 1 N–H and O–H groups in total. The summed E-state index contributed by atoms with van der Waals surface area (Å²) in [5, 5.41) is 9.04. The summed E-state index contributed by atoms with van der Waals surface area (Å²) in [6.07, 6.45) is -0.0856. The molecule has 1 atom stereocenters. The zero-order chi connectivity index (χ0) is 19.9. The number of carboxylic acid groups (broad SMARTS) is 1. The quantitative estimate of drug-likeness (QED) is 0.590. The van der Waals surface area contributed by atoms with Crippen LogP contribution >= 0.6 is 0 Å². The van der Waals surface area contributed by atoms with Crippen molar-refractivity contribution < 1.29 is 19.4 Å². The van der Waals surface area contributed by atoms with E-state index in [2.05, 4.69) is 4.99 Å². The van der Waals surface area contributed by atoms with E-state index in [1.165, 1.54) is 0 Å². The van der Waals surface area contributed by atoms with Crippen molar-refractivity contribution in [3.63, 3.8) is 0 Å². The smallest absolute Gasteiger partial charge is 0.331 e. The summed E-state index contributed by atoms with van der Waals surface area (Å²) in [5.41, 5.74) is 1.67. The van der Waals surface area contributed by atoms with Gasteiger partial charge in [-0.15, -0.1) is 0 Å². The number of nitrogens with zero attached hydrogens (tertiary/aromatic N) is 1. The van der Waals surface area contributed by atoms with E-state index in [1.54, 1.807) is 20.8 Å². The number of aliphatic carboxylic acids is 1. The van der Waals surface area contributed by atoms with Crippen molar-refractivity contribution in [3.8, 4) is 0 Å². The molecule has 0 saturated heterocycles. The van der Waals surface area contributed by atoms with Crippen molar-refractivity contribution in [1.29, 1.82) is 0 Å². The van der Waals surface area contributed by atoms with E-state index in [4.69, 9.17) is 9.84 Å². The van der Waals surface area contributed by atoms with E-state index < -0.39 is 23.6 Å². The van der Waals surface area contributed by atoms with Gasteiger partial charge in [-0.05, 0) is 27.2 Å². The minimum atomic E-state index is -0.972. The fraction of sp³-hybridized carbons (Fsp3) is 0.318. The monoisotopic (exact) mass is 367 g/mol. The molecular formula is C22H25NO4. The average Bonchev–Trinajstić information content (AvgIpc) is 2.61. The maximum absolute atomic E-state index is 12.6. The van der Waals surface area contributed by atoms with Gasteiger partial charge in [-0.25, -0.2) is 4.79 Å². The van der Waals surface area contributed by atoms with Crippen LogP contribution in [0.3, 0.4) is 0 Å². The zero-order valence-corrected chi connectivity index (χ0v) is 15.9. The number of carbonyl (C=O) groups excluding carboxylic acids is 1. The van der Waals surface area contributed by atoms with Gasteiger partial charge < -0.3 is 9.84 Å². The molecule has 5 heteroatoms. The summed E-state index contributed by atoms with van der Waals surface area (Å²) >= 11 is 0. The molecule has 0 spiro atoms. The highest BCUT2D eigenvalue weighted by Crippen LogP contribution is 2.17. The molecule has 142 valence electrons. The second-order valence-corrected chi connectivity index (χ2v) is 7.19. The lowest BCUT2D eigenvalue weighted by Gasteiger charge is -2.23. The summed E-state index contributed by atoms with van der Waals surface area (Å²) in [7, 11) is 0. The molecule has 0 amide bonds. The number of hydrogen-bond acceptors (Lipinski definition) is 4. The SMILES string of the molecule is CC(C)(C)OC(=O)C(CCC(=O)O)N=C(c1ccccc1)c1ccccc1. The number of benzene rings is 2. The summed E-state index contributed by atoms with van der Waals surface area (Å²) in [5.74, 6) is -1.49. The van der Waals surface area contributed by atoms with Crippen molar-refractivity contribution in [2.24, 2.45) is 4.99 Å². The number of carboxylic acids is 1. The Morgan fingerprint density at radius 3 is 1.85 bits per heavy atom. The minimum absolute atomic E-state index is 0.0768. The molecule has 0 saturated carbocycles. The van der Waals surface area contributed by atoms with Gasteiger partial charge in [0.1, 0.15) is 11.6 Å².